The molecule has 4 aromatic heterocycles. The van der Waals surface area contributed by atoms with Crippen LogP contribution in [0, 0.1) is 11.8 Å². The number of para-hydroxylation sites is 1. The molecule has 214 valence electrons. The van der Waals surface area contributed by atoms with Crippen LogP contribution in [-0.4, -0.2) is 77.5 Å². The van der Waals surface area contributed by atoms with Crippen molar-refractivity contribution in [1.82, 2.24) is 40.1 Å². The van der Waals surface area contributed by atoms with Gasteiger partial charge in [-0.15, -0.1) is 10.2 Å². The average molecular weight is 574 g/mol. The Morgan fingerprint density at radius 2 is 1.88 bits per heavy atom. The predicted octanol–water partition coefficient (Wildman–Crippen LogP) is 1.90. The second-order valence-electron chi connectivity index (χ2n) is 10.4. The number of carbonyl (C=O) groups excluding carboxylic acids is 1. The van der Waals surface area contributed by atoms with E-state index < -0.39 is 0 Å². The number of benzene rings is 1. The summed E-state index contributed by atoms with van der Waals surface area (Å²) in [7, 11) is 0. The Morgan fingerprint density at radius 1 is 1.05 bits per heavy atom. The predicted molar refractivity (Wildman–Crippen MR) is 159 cm³/mol. The van der Waals surface area contributed by atoms with Crippen LogP contribution in [0.4, 0.5) is 17.3 Å². The van der Waals surface area contributed by atoms with Gasteiger partial charge in [-0.2, -0.15) is 5.10 Å². The first kappa shape index (κ1) is 26.1. The number of rotatable bonds is 5. The number of hydrogen-bond donors (Lipinski definition) is 3. The first-order valence-corrected chi connectivity index (χ1v) is 13.9. The van der Waals surface area contributed by atoms with Crippen molar-refractivity contribution in [2.24, 2.45) is 0 Å². The summed E-state index contributed by atoms with van der Waals surface area (Å²) in [5, 5.41) is 25.7. The molecule has 2 atom stereocenters. The van der Waals surface area contributed by atoms with Crippen molar-refractivity contribution in [3.05, 3.63) is 78.6 Å². The number of hydrogen-bond acceptors (Lipinski definition) is 11. The zero-order valence-electron chi connectivity index (χ0n) is 23.0. The van der Waals surface area contributed by atoms with Gasteiger partial charge in [0.15, 0.2) is 17.2 Å². The maximum atomic E-state index is 12.5. The molecule has 13 nitrogen and oxygen atoms in total. The van der Waals surface area contributed by atoms with E-state index in [0.29, 0.717) is 28.5 Å². The van der Waals surface area contributed by atoms with Crippen LogP contribution in [0.15, 0.2) is 67.1 Å². The van der Waals surface area contributed by atoms with E-state index in [1.165, 1.54) is 0 Å². The summed E-state index contributed by atoms with van der Waals surface area (Å²) < 4.78 is 1.55. The third-order valence-corrected chi connectivity index (χ3v) is 7.72. The number of aromatic hydroxyl groups is 1. The highest BCUT2D eigenvalue weighted by molar-refractivity contribution is 5.93. The summed E-state index contributed by atoms with van der Waals surface area (Å²) in [6, 6.07) is 14.7. The number of anilines is 3. The van der Waals surface area contributed by atoms with Gasteiger partial charge in [0.2, 0.25) is 5.82 Å². The number of aromatic nitrogens is 7. The Morgan fingerprint density at radius 3 is 2.70 bits per heavy atom. The van der Waals surface area contributed by atoms with Crippen molar-refractivity contribution in [3.63, 3.8) is 0 Å². The average Bonchev–Trinajstić information content (AvgIpc) is 3.58. The highest BCUT2D eigenvalue weighted by atomic mass is 16.3. The Labute approximate surface area is 246 Å². The molecule has 2 saturated heterocycles. The lowest BCUT2D eigenvalue weighted by Gasteiger charge is -2.42. The van der Waals surface area contributed by atoms with Crippen molar-refractivity contribution >= 4 is 28.9 Å². The molecular weight excluding hydrogens is 546 g/mol. The third kappa shape index (κ3) is 5.10. The molecule has 1 amide bonds. The molecule has 2 bridgehead atoms. The van der Waals surface area contributed by atoms with Gasteiger partial charge < -0.3 is 26.0 Å². The Kier molecular flexibility index (Phi) is 6.63. The molecule has 7 rings (SSSR count). The lowest BCUT2D eigenvalue weighted by atomic mass is 10.1. The van der Waals surface area contributed by atoms with Crippen LogP contribution in [0.1, 0.15) is 29.2 Å². The Bertz CT molecular complexity index is 1850. The fraction of sp³-hybridized carbons (Fsp3) is 0.233. The van der Waals surface area contributed by atoms with Gasteiger partial charge in [-0.25, -0.2) is 19.5 Å². The fourth-order valence-electron chi connectivity index (χ4n) is 5.77. The van der Waals surface area contributed by atoms with E-state index in [0.717, 1.165) is 37.4 Å². The molecule has 13 heteroatoms. The topological polar surface area (TPSA) is 164 Å². The van der Waals surface area contributed by atoms with Gasteiger partial charge >= 0.3 is 0 Å². The minimum absolute atomic E-state index is 0.127. The van der Waals surface area contributed by atoms with E-state index >= 15 is 0 Å². The fourth-order valence-corrected chi connectivity index (χ4v) is 5.77. The molecule has 0 radical (unpaired) electrons. The van der Waals surface area contributed by atoms with Crippen molar-refractivity contribution in [2.45, 2.75) is 24.9 Å². The lowest BCUT2D eigenvalue weighted by Crippen LogP contribution is -2.54. The molecule has 43 heavy (non-hydrogen) atoms. The second-order valence-corrected chi connectivity index (χ2v) is 10.4. The Balaban J connectivity index is 1.03. The normalized spacial score (nSPS) is 17.5. The number of nitrogens with two attached hydrogens (primary N) is 1. The molecular formula is C30H27N11O2. The van der Waals surface area contributed by atoms with Gasteiger partial charge in [-0.05, 0) is 49.1 Å². The molecule has 1 aromatic carbocycles. The number of nitrogen functional groups attached to an aromatic ring is 1. The quantitative estimate of drug-likeness (QED) is 0.263. The number of phenolic OH excluding ortho intramolecular Hbond substituents is 1. The van der Waals surface area contributed by atoms with Gasteiger partial charge in [-0.3, -0.25) is 4.79 Å². The van der Waals surface area contributed by atoms with E-state index in [4.69, 9.17) is 10.7 Å². The summed E-state index contributed by atoms with van der Waals surface area (Å²) in [5.41, 5.74) is 9.13. The van der Waals surface area contributed by atoms with Crippen molar-refractivity contribution in [3.8, 4) is 28.8 Å². The molecule has 2 aliphatic heterocycles. The van der Waals surface area contributed by atoms with Crippen LogP contribution in [-0.2, 0) is 0 Å². The largest absolute Gasteiger partial charge is 0.507 e. The summed E-state index contributed by atoms with van der Waals surface area (Å²) in [6.07, 6.45) is 7.12. The number of piperazine rings is 1. The van der Waals surface area contributed by atoms with E-state index in [-0.39, 0.29) is 36.0 Å². The smallest absolute Gasteiger partial charge is 0.272 e. The summed E-state index contributed by atoms with van der Waals surface area (Å²) in [5.74, 6) is 7.28. The maximum absolute atomic E-state index is 12.5. The van der Waals surface area contributed by atoms with Gasteiger partial charge in [0, 0.05) is 55.4 Å². The number of fused-ring (bicyclic) bond motifs is 3. The van der Waals surface area contributed by atoms with E-state index in [1.807, 2.05) is 24.3 Å². The Hall–Kier alpha value is -5.77. The molecule has 0 aliphatic carbocycles. The van der Waals surface area contributed by atoms with Crippen LogP contribution >= 0.6 is 0 Å². The molecule has 0 spiro atoms. The van der Waals surface area contributed by atoms with Gasteiger partial charge in [-0.1, -0.05) is 18.1 Å². The molecule has 0 saturated carbocycles. The van der Waals surface area contributed by atoms with Crippen LogP contribution in [0.3, 0.4) is 0 Å². The standard InChI is InChI=1S/C30H27N11O2/c31-29-24(15-22(36-37-29)21-5-1-2-6-25(21)42)39-17-19-8-9-20(18-39)41(19)27-10-13-32-26(35-27)7-3-11-34-30(43)23-16-28-33-12-4-14-40(28)38-23/h1-2,4-6,10,12-16,19-20,42H,8-9,11,17-18H2,(H2,31,37)(H,34,43)/t19-,20+. The lowest BCUT2D eigenvalue weighted by molar-refractivity contribution is 0.0953. The van der Waals surface area contributed by atoms with Crippen LogP contribution in [0.25, 0.3) is 16.9 Å². The van der Waals surface area contributed by atoms with Gasteiger partial charge in [0.05, 0.1) is 17.9 Å². The van der Waals surface area contributed by atoms with E-state index in [1.54, 1.807) is 47.4 Å². The number of nitrogens with one attached hydrogen (secondary N) is 1. The molecule has 2 aliphatic rings. The van der Waals surface area contributed by atoms with E-state index in [9.17, 15) is 9.90 Å². The molecule has 0 unspecified atom stereocenters. The van der Waals surface area contributed by atoms with Crippen molar-refractivity contribution in [2.75, 3.05) is 35.2 Å². The number of nitrogens with zero attached hydrogens (tertiary/aromatic N) is 9. The second kappa shape index (κ2) is 10.9. The zero-order valence-corrected chi connectivity index (χ0v) is 23.0. The SMILES string of the molecule is Nc1nnc(-c2ccccc2O)cc1N1C[C@H]2CC[C@@H](C1)N2c1ccnc(C#CCNC(=O)c2cc3ncccn3n2)n1. The minimum atomic E-state index is -0.332. The third-order valence-electron chi connectivity index (χ3n) is 7.72. The van der Waals surface area contributed by atoms with Crippen LogP contribution in [0.5, 0.6) is 5.75 Å². The molecule has 6 heterocycles. The molecule has 2 fully saturated rings. The molecule has 4 N–H and O–H groups in total. The first-order chi connectivity index (χ1) is 21.0. The van der Waals surface area contributed by atoms with Crippen LogP contribution in [0.2, 0.25) is 0 Å². The first-order valence-electron chi connectivity index (χ1n) is 13.9. The summed E-state index contributed by atoms with van der Waals surface area (Å²) in [6.45, 7) is 1.60. The van der Waals surface area contributed by atoms with Crippen LogP contribution < -0.4 is 20.9 Å². The monoisotopic (exact) mass is 573 g/mol. The van der Waals surface area contributed by atoms with E-state index in [2.05, 4.69) is 52.2 Å². The van der Waals surface area contributed by atoms with Gasteiger partial charge in [0.25, 0.3) is 5.91 Å². The maximum Gasteiger partial charge on any atom is 0.272 e. The highest BCUT2D eigenvalue weighted by Crippen LogP contribution is 2.38. The zero-order chi connectivity index (χ0) is 29.3. The molecule has 5 aromatic rings. The van der Waals surface area contributed by atoms with Gasteiger partial charge in [0.1, 0.15) is 11.6 Å². The minimum Gasteiger partial charge on any atom is -0.507 e. The van der Waals surface area contributed by atoms with Crippen molar-refractivity contribution in [1.29, 1.82) is 0 Å². The number of amides is 1. The summed E-state index contributed by atoms with van der Waals surface area (Å²) >= 11 is 0. The highest BCUT2D eigenvalue weighted by Gasteiger charge is 2.41. The number of phenols is 1. The number of carbonyl (C=O) groups is 1. The van der Waals surface area contributed by atoms with Crippen molar-refractivity contribution < 1.29 is 9.90 Å². The summed E-state index contributed by atoms with van der Waals surface area (Å²) in [4.78, 5) is 30.3.